The van der Waals surface area contributed by atoms with Gasteiger partial charge in [-0.05, 0) is 68.1 Å². The minimum Gasteiger partial charge on any atom is -0.419 e. The number of amides is 2. The van der Waals surface area contributed by atoms with Crippen molar-refractivity contribution in [1.82, 2.24) is 10.3 Å². The molecule has 0 aliphatic carbocycles. The molecule has 1 aromatic heterocycles. The first kappa shape index (κ1) is 25.4. The second-order valence-electron chi connectivity index (χ2n) is 9.18. The van der Waals surface area contributed by atoms with Crippen LogP contribution >= 0.6 is 0 Å². The molecule has 2 aromatic carbocycles. The van der Waals surface area contributed by atoms with Gasteiger partial charge in [-0.3, -0.25) is 9.59 Å². The molecule has 0 saturated carbocycles. The van der Waals surface area contributed by atoms with Crippen molar-refractivity contribution >= 4 is 28.9 Å². The van der Waals surface area contributed by atoms with Crippen LogP contribution in [0.2, 0.25) is 0 Å². The van der Waals surface area contributed by atoms with E-state index < -0.39 is 11.7 Å². The first-order chi connectivity index (χ1) is 16.5. The molecule has 9 nitrogen and oxygen atoms in total. The van der Waals surface area contributed by atoms with Crippen LogP contribution in [0.15, 0.2) is 48.6 Å². The smallest absolute Gasteiger partial charge is 0.299 e. The topological polar surface area (TPSA) is 149 Å². The standard InChI is InChI=1S/C25H27FN6O3/c1-14-7-15(9-21(33)32-17(11-27)12-31-25(2,3)4)8-19(26)22(14)35-24-18-10-16(23(28)34)5-6-20(18)29-13-30-24/h5-8,10-13,27,31H,9H2,1-4H3,(H2,28,34)(H,32,33)/p+2/b17-12+,27-11?. The van der Waals surface area contributed by atoms with Crippen molar-refractivity contribution in [3.8, 4) is 11.6 Å². The summed E-state index contributed by atoms with van der Waals surface area (Å²) in [4.78, 5) is 31.0. The van der Waals surface area contributed by atoms with Crippen LogP contribution in [0.3, 0.4) is 0 Å². The number of aromatic nitrogens is 2. The molecule has 7 N–H and O–H groups in total. The number of benzene rings is 2. The Morgan fingerprint density at radius 2 is 2.03 bits per heavy atom. The molecular formula is C25H29FN6O3+2. The summed E-state index contributed by atoms with van der Waals surface area (Å²) in [6.07, 6.45) is 4.05. The largest absolute Gasteiger partial charge is 0.419 e. The second-order valence-corrected chi connectivity index (χ2v) is 9.18. The van der Waals surface area contributed by atoms with E-state index in [2.05, 4.69) is 15.3 Å². The molecule has 1 heterocycles. The second kappa shape index (κ2) is 10.4. The van der Waals surface area contributed by atoms with Gasteiger partial charge in [-0.25, -0.2) is 9.37 Å². The maximum atomic E-state index is 15.0. The molecule has 35 heavy (non-hydrogen) atoms. The molecule has 182 valence electrons. The molecular weight excluding hydrogens is 451 g/mol. The predicted molar refractivity (Wildman–Crippen MR) is 128 cm³/mol. The van der Waals surface area contributed by atoms with Crippen molar-refractivity contribution in [2.24, 2.45) is 5.73 Å². The molecule has 0 fully saturated rings. The molecule has 0 aliphatic heterocycles. The fourth-order valence-electron chi connectivity index (χ4n) is 3.30. The molecule has 2 amide bonds. The Labute approximate surface area is 202 Å². The Hall–Kier alpha value is -4.18. The molecule has 3 aromatic rings. The molecule has 0 bridgehead atoms. The number of carbonyl (C=O) groups is 2. The summed E-state index contributed by atoms with van der Waals surface area (Å²) < 4.78 is 20.8. The SMILES string of the molecule is Cc1cc(CC(=O)N/C(C=N)=C/[NH2+]C(C)(C)C)cc(F)c1Oc1[nH+]cnc2ccc(C(N)=O)cc12. The van der Waals surface area contributed by atoms with Crippen LogP contribution in [-0.2, 0) is 11.2 Å². The lowest BCUT2D eigenvalue weighted by Gasteiger charge is -2.14. The third-order valence-electron chi connectivity index (χ3n) is 4.99. The average molecular weight is 481 g/mol. The van der Waals surface area contributed by atoms with Gasteiger partial charge >= 0.3 is 0 Å². The molecule has 10 heteroatoms. The number of quaternary nitrogens is 1. The minimum atomic E-state index is -0.652. The van der Waals surface area contributed by atoms with Gasteiger partial charge in [0.05, 0.1) is 12.0 Å². The highest BCUT2D eigenvalue weighted by Gasteiger charge is 2.19. The number of ether oxygens (including phenoxy) is 1. The maximum absolute atomic E-state index is 15.0. The number of aromatic amines is 1. The number of fused-ring (bicyclic) bond motifs is 1. The number of nitrogens with one attached hydrogen (secondary N) is 3. The van der Waals surface area contributed by atoms with E-state index in [4.69, 9.17) is 15.9 Å². The normalized spacial score (nSPS) is 11.9. The molecule has 0 spiro atoms. The number of halogens is 1. The highest BCUT2D eigenvalue weighted by molar-refractivity contribution is 5.97. The number of allylic oxidation sites excluding steroid dienone is 1. The van der Waals surface area contributed by atoms with Crippen molar-refractivity contribution in [1.29, 1.82) is 5.41 Å². The monoisotopic (exact) mass is 480 g/mol. The van der Waals surface area contributed by atoms with E-state index in [1.165, 1.54) is 18.5 Å². The summed E-state index contributed by atoms with van der Waals surface area (Å²) in [6, 6.07) is 7.58. The Kier molecular flexibility index (Phi) is 7.55. The zero-order valence-corrected chi connectivity index (χ0v) is 20.0. The number of rotatable bonds is 8. The third-order valence-corrected chi connectivity index (χ3v) is 4.99. The zero-order valence-electron chi connectivity index (χ0n) is 20.0. The van der Waals surface area contributed by atoms with Crippen LogP contribution in [0.1, 0.15) is 42.3 Å². The molecule has 3 rings (SSSR count). The summed E-state index contributed by atoms with van der Waals surface area (Å²) in [5.41, 5.74) is 7.33. The van der Waals surface area contributed by atoms with Gasteiger partial charge < -0.3 is 26.5 Å². The molecule has 0 radical (unpaired) electrons. The summed E-state index contributed by atoms with van der Waals surface area (Å²) in [5.74, 6) is -1.46. The Morgan fingerprint density at radius 3 is 2.66 bits per heavy atom. The van der Waals surface area contributed by atoms with E-state index >= 15 is 4.39 Å². The van der Waals surface area contributed by atoms with Gasteiger partial charge in [0.15, 0.2) is 17.1 Å². The van der Waals surface area contributed by atoms with Crippen molar-refractivity contribution in [2.45, 2.75) is 39.7 Å². The first-order valence-electron chi connectivity index (χ1n) is 10.9. The van der Waals surface area contributed by atoms with Crippen LogP contribution < -0.4 is 26.1 Å². The van der Waals surface area contributed by atoms with E-state index in [0.29, 0.717) is 27.7 Å². The van der Waals surface area contributed by atoms with E-state index in [-0.39, 0.29) is 35.1 Å². The lowest BCUT2D eigenvalue weighted by Crippen LogP contribution is -2.89. The Morgan fingerprint density at radius 1 is 1.29 bits per heavy atom. The van der Waals surface area contributed by atoms with Crippen molar-refractivity contribution < 1.29 is 29.0 Å². The van der Waals surface area contributed by atoms with Gasteiger partial charge in [-0.15, -0.1) is 0 Å². The zero-order chi connectivity index (χ0) is 25.8. The molecule has 0 aliphatic rings. The van der Waals surface area contributed by atoms with E-state index in [0.717, 1.165) is 6.21 Å². The third kappa shape index (κ3) is 6.67. The van der Waals surface area contributed by atoms with Gasteiger partial charge in [-0.2, -0.15) is 0 Å². The van der Waals surface area contributed by atoms with Crippen LogP contribution in [0, 0.1) is 18.2 Å². The number of carbonyl (C=O) groups excluding carboxylic acids is 2. The van der Waals surface area contributed by atoms with E-state index in [1.54, 1.807) is 31.3 Å². The number of nitrogens with zero attached hydrogens (tertiary/aromatic N) is 1. The van der Waals surface area contributed by atoms with Crippen molar-refractivity contribution in [3.05, 3.63) is 71.1 Å². The average Bonchev–Trinajstić information content (AvgIpc) is 2.78. The number of aryl methyl sites for hydroxylation is 1. The van der Waals surface area contributed by atoms with E-state index in [1.807, 2.05) is 26.1 Å². The summed E-state index contributed by atoms with van der Waals surface area (Å²) >= 11 is 0. The number of hydrogen-bond acceptors (Lipinski definition) is 5. The van der Waals surface area contributed by atoms with Crippen molar-refractivity contribution in [2.75, 3.05) is 0 Å². The highest BCUT2D eigenvalue weighted by atomic mass is 19.1. The van der Waals surface area contributed by atoms with Crippen LogP contribution in [0.4, 0.5) is 4.39 Å². The van der Waals surface area contributed by atoms with Crippen LogP contribution in [-0.4, -0.2) is 28.6 Å². The Balaban J connectivity index is 1.81. The summed E-state index contributed by atoms with van der Waals surface area (Å²) in [6.45, 7) is 7.68. The van der Waals surface area contributed by atoms with Crippen LogP contribution in [0.25, 0.3) is 10.9 Å². The number of primary amides is 1. The molecule has 0 saturated heterocycles. The lowest BCUT2D eigenvalue weighted by atomic mass is 10.1. The van der Waals surface area contributed by atoms with E-state index in [9.17, 15) is 9.59 Å². The highest BCUT2D eigenvalue weighted by Crippen LogP contribution is 2.31. The Bertz CT molecular complexity index is 1310. The van der Waals surface area contributed by atoms with Crippen LogP contribution in [0.5, 0.6) is 11.6 Å². The number of nitrogens with two attached hydrogens (primary N) is 2. The quantitative estimate of drug-likeness (QED) is 0.364. The minimum absolute atomic E-state index is 0.0257. The van der Waals surface area contributed by atoms with Gasteiger partial charge in [0, 0.05) is 11.8 Å². The van der Waals surface area contributed by atoms with Gasteiger partial charge in [-0.1, -0.05) is 6.07 Å². The number of H-pyrrole nitrogens is 1. The molecule has 0 atom stereocenters. The van der Waals surface area contributed by atoms with Gasteiger partial charge in [0.2, 0.25) is 11.8 Å². The first-order valence-corrected chi connectivity index (χ1v) is 10.9. The summed E-state index contributed by atoms with van der Waals surface area (Å²) in [5, 5.41) is 12.5. The summed E-state index contributed by atoms with van der Waals surface area (Å²) in [7, 11) is 0. The predicted octanol–water partition coefficient (Wildman–Crippen LogP) is 1.90. The van der Waals surface area contributed by atoms with Crippen molar-refractivity contribution in [3.63, 3.8) is 0 Å². The number of hydrogen-bond donors (Lipinski definition) is 4. The molecule has 0 unspecified atom stereocenters. The fraction of sp³-hybridized carbons (Fsp3) is 0.240. The van der Waals surface area contributed by atoms with Gasteiger partial charge in [0.1, 0.15) is 17.3 Å². The fourth-order valence-corrected chi connectivity index (χ4v) is 3.30. The maximum Gasteiger partial charge on any atom is 0.299 e. The lowest BCUT2D eigenvalue weighted by molar-refractivity contribution is -0.657. The van der Waals surface area contributed by atoms with Gasteiger partial charge in [0.25, 0.3) is 12.2 Å².